The Kier molecular flexibility index (Phi) is 5.73. The molecule has 1 N–H and O–H groups in total. The third-order valence-corrected chi connectivity index (χ3v) is 9.30. The van der Waals surface area contributed by atoms with Crippen LogP contribution in [-0.4, -0.2) is 60.4 Å². The van der Waals surface area contributed by atoms with Gasteiger partial charge in [0.1, 0.15) is 0 Å². The lowest BCUT2D eigenvalue weighted by molar-refractivity contribution is 0.0520. The van der Waals surface area contributed by atoms with Gasteiger partial charge in [-0.15, -0.1) is 0 Å². The first-order valence-electron chi connectivity index (χ1n) is 14.1. The van der Waals surface area contributed by atoms with E-state index in [2.05, 4.69) is 40.2 Å². The molecule has 7 nitrogen and oxygen atoms in total. The van der Waals surface area contributed by atoms with Crippen LogP contribution < -0.4 is 5.32 Å². The maximum Gasteiger partial charge on any atom is 0.337 e. The van der Waals surface area contributed by atoms with Gasteiger partial charge < -0.3 is 24.3 Å². The van der Waals surface area contributed by atoms with E-state index in [9.17, 15) is 9.59 Å². The third kappa shape index (κ3) is 3.74. The van der Waals surface area contributed by atoms with Gasteiger partial charge >= 0.3 is 12.0 Å². The van der Waals surface area contributed by atoms with E-state index in [1.54, 1.807) is 0 Å². The second kappa shape index (κ2) is 9.16. The van der Waals surface area contributed by atoms with E-state index in [0.29, 0.717) is 44.3 Å². The van der Waals surface area contributed by atoms with Gasteiger partial charge in [0.2, 0.25) is 0 Å². The molecule has 0 bridgehead atoms. The minimum absolute atomic E-state index is 0.00375. The van der Waals surface area contributed by atoms with Gasteiger partial charge in [-0.05, 0) is 48.4 Å². The number of aromatic nitrogens is 1. The van der Waals surface area contributed by atoms with Crippen LogP contribution in [0.1, 0.15) is 71.8 Å². The molecule has 2 aliphatic heterocycles. The number of morpholine rings is 1. The van der Waals surface area contributed by atoms with Gasteiger partial charge in [-0.1, -0.05) is 49.6 Å². The van der Waals surface area contributed by atoms with Crippen LogP contribution in [0.25, 0.3) is 22.2 Å². The largest absolute Gasteiger partial charge is 0.465 e. The van der Waals surface area contributed by atoms with Crippen molar-refractivity contribution in [2.75, 3.05) is 33.4 Å². The molecule has 0 spiro atoms. The molecule has 3 aromatic rings. The Morgan fingerprint density at radius 2 is 1.84 bits per heavy atom. The molecule has 3 heterocycles. The Hall–Kier alpha value is -3.32. The molecule has 7 heteroatoms. The number of carbonyl (C=O) groups is 2. The Bertz CT molecular complexity index is 1420. The molecule has 0 radical (unpaired) electrons. The van der Waals surface area contributed by atoms with Crippen molar-refractivity contribution in [3.63, 3.8) is 0 Å². The zero-order valence-corrected chi connectivity index (χ0v) is 22.0. The summed E-state index contributed by atoms with van der Waals surface area (Å²) in [4.78, 5) is 27.9. The van der Waals surface area contributed by atoms with Crippen LogP contribution in [0.3, 0.4) is 0 Å². The molecular formula is C31H35N3O4. The summed E-state index contributed by atoms with van der Waals surface area (Å²) < 4.78 is 13.0. The number of nitrogens with zero attached hydrogens (tertiary/aromatic N) is 2. The molecule has 198 valence electrons. The van der Waals surface area contributed by atoms with E-state index < -0.39 is 0 Å². The second-order valence-electron chi connectivity index (χ2n) is 11.4. The van der Waals surface area contributed by atoms with Crippen LogP contribution in [0.15, 0.2) is 42.5 Å². The highest BCUT2D eigenvalue weighted by Crippen LogP contribution is 2.59. The van der Waals surface area contributed by atoms with E-state index >= 15 is 0 Å². The maximum atomic E-state index is 13.4. The number of hydrogen-bond acceptors (Lipinski definition) is 4. The van der Waals surface area contributed by atoms with Gasteiger partial charge in [0.05, 0.1) is 37.1 Å². The van der Waals surface area contributed by atoms with Crippen LogP contribution in [-0.2, 0) is 16.0 Å². The van der Waals surface area contributed by atoms with Crippen molar-refractivity contribution in [1.82, 2.24) is 14.8 Å². The number of urea groups is 1. The highest BCUT2D eigenvalue weighted by atomic mass is 16.5. The minimum Gasteiger partial charge on any atom is -0.465 e. The molecule has 2 aliphatic carbocycles. The molecule has 2 unspecified atom stereocenters. The van der Waals surface area contributed by atoms with Crippen molar-refractivity contribution in [3.8, 4) is 11.3 Å². The van der Waals surface area contributed by atoms with Crippen LogP contribution in [0.2, 0.25) is 0 Å². The first-order valence-corrected chi connectivity index (χ1v) is 14.1. The minimum atomic E-state index is -0.353. The van der Waals surface area contributed by atoms with Crippen LogP contribution >= 0.6 is 0 Å². The number of nitrogens with one attached hydrogen (secondary N) is 1. The fraction of sp³-hybridized carbons (Fsp3) is 0.484. The zero-order valence-electron chi connectivity index (χ0n) is 22.0. The Balaban J connectivity index is 1.41. The fourth-order valence-electron chi connectivity index (χ4n) is 7.30. The number of amides is 2. The number of ether oxygens (including phenoxy) is 2. The monoisotopic (exact) mass is 513 g/mol. The van der Waals surface area contributed by atoms with Crippen LogP contribution in [0, 0.1) is 0 Å². The highest BCUT2D eigenvalue weighted by Gasteiger charge is 2.59. The molecule has 4 aliphatic rings. The lowest BCUT2D eigenvalue weighted by Crippen LogP contribution is -2.51. The van der Waals surface area contributed by atoms with Crippen molar-refractivity contribution in [2.45, 2.75) is 62.4 Å². The van der Waals surface area contributed by atoms with Crippen LogP contribution in [0.4, 0.5) is 4.79 Å². The SMILES string of the molecule is COC(=O)c1ccc2c(C3CCCCC3)c3n(c2c1)CC1(NC(=O)N2CCOCC2)CC1c1ccccc1-3. The summed E-state index contributed by atoms with van der Waals surface area (Å²) in [6.07, 6.45) is 7.09. The lowest BCUT2D eigenvalue weighted by Gasteiger charge is -2.30. The number of hydrogen-bond donors (Lipinski definition) is 1. The molecule has 2 atom stereocenters. The average molecular weight is 514 g/mol. The molecule has 2 amide bonds. The second-order valence-corrected chi connectivity index (χ2v) is 11.4. The zero-order chi connectivity index (χ0) is 25.9. The van der Waals surface area contributed by atoms with Gasteiger partial charge in [-0.3, -0.25) is 0 Å². The van der Waals surface area contributed by atoms with Crippen LogP contribution in [0.5, 0.6) is 0 Å². The van der Waals surface area contributed by atoms with Gasteiger partial charge in [0.25, 0.3) is 0 Å². The van der Waals surface area contributed by atoms with Gasteiger partial charge in [-0.2, -0.15) is 0 Å². The molecule has 2 aromatic carbocycles. The van der Waals surface area contributed by atoms with Crippen molar-refractivity contribution in [1.29, 1.82) is 0 Å². The summed E-state index contributed by atoms with van der Waals surface area (Å²) in [5.74, 6) is 0.435. The topological polar surface area (TPSA) is 72.8 Å². The average Bonchev–Trinajstić information content (AvgIpc) is 3.60. The van der Waals surface area contributed by atoms with E-state index in [1.807, 2.05) is 17.0 Å². The van der Waals surface area contributed by atoms with Gasteiger partial charge in [0, 0.05) is 42.0 Å². The van der Waals surface area contributed by atoms with Crippen molar-refractivity contribution < 1.29 is 19.1 Å². The molecule has 1 aromatic heterocycles. The fourth-order valence-corrected chi connectivity index (χ4v) is 7.30. The van der Waals surface area contributed by atoms with Crippen molar-refractivity contribution >= 4 is 22.9 Å². The smallest absolute Gasteiger partial charge is 0.337 e. The Morgan fingerprint density at radius 1 is 1.05 bits per heavy atom. The van der Waals surface area contributed by atoms with Gasteiger partial charge in [0.15, 0.2) is 0 Å². The highest BCUT2D eigenvalue weighted by molar-refractivity contribution is 5.99. The molecular weight excluding hydrogens is 478 g/mol. The quantitative estimate of drug-likeness (QED) is 0.475. The standard InChI is InChI=1S/C31H35N3O4/c1-37-29(35)21-11-12-24-26(17-21)34-19-31(32-30(36)33-13-15-38-16-14-33)18-25(31)22-9-5-6-10-23(22)28(34)27(24)20-7-3-2-4-8-20/h5-6,9-12,17,20,25H,2-4,7-8,13-16,18-19H2,1H3,(H,32,36). The third-order valence-electron chi connectivity index (χ3n) is 9.30. The number of rotatable bonds is 3. The predicted octanol–water partition coefficient (Wildman–Crippen LogP) is 5.42. The molecule has 7 rings (SSSR count). The van der Waals surface area contributed by atoms with Gasteiger partial charge in [-0.25, -0.2) is 9.59 Å². The van der Waals surface area contributed by atoms with E-state index in [0.717, 1.165) is 11.9 Å². The van der Waals surface area contributed by atoms with Crippen molar-refractivity contribution in [3.05, 3.63) is 59.2 Å². The summed E-state index contributed by atoms with van der Waals surface area (Å²) in [5.41, 5.74) is 6.55. The molecule has 38 heavy (non-hydrogen) atoms. The Morgan fingerprint density at radius 3 is 2.63 bits per heavy atom. The normalized spacial score (nSPS) is 24.7. The first kappa shape index (κ1) is 23.8. The summed E-state index contributed by atoms with van der Waals surface area (Å²) in [6.45, 7) is 3.09. The van der Waals surface area contributed by atoms with E-state index in [-0.39, 0.29) is 23.5 Å². The molecule has 2 saturated carbocycles. The predicted molar refractivity (Wildman–Crippen MR) is 146 cm³/mol. The summed E-state index contributed by atoms with van der Waals surface area (Å²) >= 11 is 0. The maximum absolute atomic E-state index is 13.4. The number of esters is 1. The number of fused-ring (bicyclic) bond motifs is 7. The summed E-state index contributed by atoms with van der Waals surface area (Å²) in [7, 11) is 1.43. The number of methoxy groups -OCH3 is 1. The van der Waals surface area contributed by atoms with E-state index in [1.165, 1.54) is 67.0 Å². The molecule has 1 saturated heterocycles. The van der Waals surface area contributed by atoms with Crippen molar-refractivity contribution in [2.24, 2.45) is 0 Å². The number of carbonyl (C=O) groups excluding carboxylic acids is 2. The molecule has 3 fully saturated rings. The number of benzene rings is 2. The summed E-state index contributed by atoms with van der Waals surface area (Å²) in [5, 5.41) is 4.71. The first-order chi connectivity index (χ1) is 18.6. The summed E-state index contributed by atoms with van der Waals surface area (Å²) in [6, 6.07) is 14.8. The Labute approximate surface area is 223 Å². The van der Waals surface area contributed by atoms with E-state index in [4.69, 9.17) is 9.47 Å². The lowest BCUT2D eigenvalue weighted by atomic mass is 9.81.